The molecule has 1 atom stereocenters. The second-order valence-corrected chi connectivity index (χ2v) is 9.29. The van der Waals surface area contributed by atoms with E-state index in [9.17, 15) is 19.2 Å². The fraction of sp³-hybridized carbons (Fsp3) is 0.125. The van der Waals surface area contributed by atoms with Gasteiger partial charge in [-0.2, -0.15) is 5.26 Å². The topological polar surface area (TPSA) is 86.3 Å². The van der Waals surface area contributed by atoms with Crippen LogP contribution in [0.2, 0.25) is 10.0 Å². The van der Waals surface area contributed by atoms with Crippen LogP contribution in [0, 0.1) is 17.1 Å². The lowest BCUT2D eigenvalue weighted by atomic mass is 10.1. The van der Waals surface area contributed by atoms with Crippen molar-refractivity contribution >= 4 is 52.5 Å². The third kappa shape index (κ3) is 5.12. The highest BCUT2D eigenvalue weighted by Crippen LogP contribution is 2.42. The Bertz CT molecular complexity index is 1300. The molecule has 172 valence electrons. The second-order valence-electron chi connectivity index (χ2n) is 7.25. The lowest BCUT2D eigenvalue weighted by molar-refractivity contribution is -0.117. The van der Waals surface area contributed by atoms with E-state index in [1.54, 1.807) is 30.3 Å². The quantitative estimate of drug-likeness (QED) is 0.347. The number of halogens is 3. The number of carbonyl (C=O) groups is 2. The van der Waals surface area contributed by atoms with Gasteiger partial charge >= 0.3 is 0 Å². The van der Waals surface area contributed by atoms with E-state index < -0.39 is 17.0 Å². The van der Waals surface area contributed by atoms with Crippen LogP contribution in [-0.4, -0.2) is 17.1 Å². The molecule has 4 rings (SSSR count). The van der Waals surface area contributed by atoms with Gasteiger partial charge in [0.25, 0.3) is 5.91 Å². The maximum atomic E-state index is 13.5. The molecule has 0 bridgehead atoms. The number of nitrogens with one attached hydrogen (secondary N) is 1. The van der Waals surface area contributed by atoms with Crippen molar-refractivity contribution in [3.8, 4) is 6.07 Å². The largest absolute Gasteiger partial charge is 0.467 e. The zero-order chi connectivity index (χ0) is 24.2. The van der Waals surface area contributed by atoms with Crippen molar-refractivity contribution in [3.63, 3.8) is 0 Å². The van der Waals surface area contributed by atoms with Crippen molar-refractivity contribution in [1.29, 1.82) is 5.26 Å². The Morgan fingerprint density at radius 2 is 1.97 bits per heavy atom. The Labute approximate surface area is 208 Å². The molecule has 0 aliphatic carbocycles. The van der Waals surface area contributed by atoms with Gasteiger partial charge in [0.15, 0.2) is 0 Å². The first-order valence-electron chi connectivity index (χ1n) is 10.0. The minimum absolute atomic E-state index is 0.0704. The molecule has 0 saturated carbocycles. The number of amides is 2. The highest BCUT2D eigenvalue weighted by Gasteiger charge is 2.41. The normalized spacial score (nSPS) is 16.9. The van der Waals surface area contributed by atoms with Crippen LogP contribution in [0.4, 0.5) is 10.1 Å². The fourth-order valence-corrected chi connectivity index (χ4v) is 5.07. The predicted octanol–water partition coefficient (Wildman–Crippen LogP) is 5.47. The molecule has 1 aliphatic rings. The molecule has 1 aromatic heterocycles. The van der Waals surface area contributed by atoms with Crippen molar-refractivity contribution in [2.75, 3.05) is 4.90 Å². The summed E-state index contributed by atoms with van der Waals surface area (Å²) in [5.41, 5.74) is 0.746. The number of furan rings is 1. The summed E-state index contributed by atoms with van der Waals surface area (Å²) in [7, 11) is 0. The molecule has 0 unspecified atom stereocenters. The predicted molar refractivity (Wildman–Crippen MR) is 129 cm³/mol. The van der Waals surface area contributed by atoms with Gasteiger partial charge in [0.05, 0.1) is 18.1 Å². The van der Waals surface area contributed by atoms with Gasteiger partial charge in [0.1, 0.15) is 28.2 Å². The summed E-state index contributed by atoms with van der Waals surface area (Å²) in [5, 5.41) is 12.8. The molecule has 1 fully saturated rings. The third-order valence-corrected chi connectivity index (χ3v) is 6.87. The molecule has 2 amide bonds. The summed E-state index contributed by atoms with van der Waals surface area (Å²) in [6.07, 6.45) is 1.69. The smallest absolute Gasteiger partial charge is 0.265 e. The molecule has 2 heterocycles. The number of thioether (sulfide) groups is 1. The number of anilines is 1. The van der Waals surface area contributed by atoms with E-state index in [1.165, 1.54) is 35.4 Å². The molecule has 0 radical (unpaired) electrons. The Hall–Kier alpha value is -3.25. The number of hydrogen-bond acceptors (Lipinski definition) is 5. The first-order valence-corrected chi connectivity index (χ1v) is 11.7. The van der Waals surface area contributed by atoms with Gasteiger partial charge in [-0.1, -0.05) is 35.0 Å². The van der Waals surface area contributed by atoms with Crippen LogP contribution in [0.3, 0.4) is 0 Å². The van der Waals surface area contributed by atoms with Crippen LogP contribution in [0.1, 0.15) is 11.3 Å². The third-order valence-electron chi connectivity index (χ3n) is 5.01. The second kappa shape index (κ2) is 10.3. The molecule has 1 aliphatic heterocycles. The van der Waals surface area contributed by atoms with E-state index in [0.29, 0.717) is 27.1 Å². The van der Waals surface area contributed by atoms with Crippen LogP contribution in [0.25, 0.3) is 0 Å². The lowest BCUT2D eigenvalue weighted by Crippen LogP contribution is -2.32. The van der Waals surface area contributed by atoms with Gasteiger partial charge in [-0.15, -0.1) is 0 Å². The average Bonchev–Trinajstić information content (AvgIpc) is 3.45. The van der Waals surface area contributed by atoms with Gasteiger partial charge in [-0.05, 0) is 66.6 Å². The van der Waals surface area contributed by atoms with Crippen LogP contribution < -0.4 is 10.2 Å². The molecule has 6 nitrogen and oxygen atoms in total. The molecule has 0 spiro atoms. The summed E-state index contributed by atoms with van der Waals surface area (Å²) < 4.78 is 18.7. The summed E-state index contributed by atoms with van der Waals surface area (Å²) in [6.45, 7) is 0.0704. The minimum atomic E-state index is -0.683. The van der Waals surface area contributed by atoms with Gasteiger partial charge in [0.2, 0.25) is 5.91 Å². The van der Waals surface area contributed by atoms with Crippen molar-refractivity contribution in [2.24, 2.45) is 0 Å². The van der Waals surface area contributed by atoms with Crippen molar-refractivity contribution in [1.82, 2.24) is 5.32 Å². The van der Waals surface area contributed by atoms with Gasteiger partial charge in [0, 0.05) is 15.7 Å². The van der Waals surface area contributed by atoms with Crippen molar-refractivity contribution < 1.29 is 18.4 Å². The Morgan fingerprint density at radius 3 is 2.65 bits per heavy atom. The molecular weight excluding hydrogens is 500 g/mol. The zero-order valence-corrected chi connectivity index (χ0v) is 19.8. The fourth-order valence-electron chi connectivity index (χ4n) is 3.38. The van der Waals surface area contributed by atoms with E-state index in [2.05, 4.69) is 5.32 Å². The molecule has 1 N–H and O–H groups in total. The zero-order valence-electron chi connectivity index (χ0n) is 17.4. The molecule has 2 aromatic carbocycles. The monoisotopic (exact) mass is 515 g/mol. The molecule has 34 heavy (non-hydrogen) atoms. The van der Waals surface area contributed by atoms with E-state index in [0.717, 1.165) is 11.8 Å². The first kappa shape index (κ1) is 23.9. The van der Waals surface area contributed by atoms with Gasteiger partial charge in [-0.25, -0.2) is 4.39 Å². The van der Waals surface area contributed by atoms with Crippen molar-refractivity contribution in [3.05, 3.63) is 98.6 Å². The number of nitriles is 1. The maximum Gasteiger partial charge on any atom is 0.265 e. The number of carbonyl (C=O) groups excluding carboxylic acids is 2. The Kier molecular flexibility index (Phi) is 7.27. The first-order chi connectivity index (χ1) is 16.4. The van der Waals surface area contributed by atoms with E-state index in [1.807, 2.05) is 6.07 Å². The molecule has 3 aromatic rings. The average molecular weight is 516 g/mol. The van der Waals surface area contributed by atoms with Crippen LogP contribution >= 0.6 is 35.0 Å². The lowest BCUT2D eigenvalue weighted by Gasteiger charge is -2.18. The van der Waals surface area contributed by atoms with Gasteiger partial charge < -0.3 is 9.73 Å². The minimum Gasteiger partial charge on any atom is -0.467 e. The number of nitrogens with zero attached hydrogens (tertiary/aromatic N) is 2. The molecular formula is C24H16Cl2FN3O3S. The van der Waals surface area contributed by atoms with Crippen molar-refractivity contribution in [2.45, 2.75) is 18.2 Å². The summed E-state index contributed by atoms with van der Waals surface area (Å²) >= 11 is 13.5. The summed E-state index contributed by atoms with van der Waals surface area (Å²) in [5.74, 6) is -1.00. The highest BCUT2D eigenvalue weighted by molar-refractivity contribution is 8.05. The highest BCUT2D eigenvalue weighted by atomic mass is 35.5. The maximum absolute atomic E-state index is 13.5. The standard InChI is InChI=1S/C24H16Cl2FN3O3S/c25-15-3-8-20(26)14(10-15)11-21-23(32)30(17-6-4-16(27)5-7-17)24(34-21)19(12-28)22(31)29-13-18-2-1-9-33-18/h1-10,21H,11,13H2,(H,29,31)/b24-19-/t21-/m1/s1. The molecule has 1 saturated heterocycles. The summed E-state index contributed by atoms with van der Waals surface area (Å²) in [4.78, 5) is 27.6. The number of rotatable bonds is 6. The summed E-state index contributed by atoms with van der Waals surface area (Å²) in [6, 6.07) is 15.5. The van der Waals surface area contributed by atoms with Gasteiger partial charge in [-0.3, -0.25) is 14.5 Å². The SMILES string of the molecule is N#C/C(C(=O)NCc1ccco1)=C1/S[C@H](Cc2cc(Cl)ccc2Cl)C(=O)N1c1ccc(F)cc1. The number of benzene rings is 2. The molecule has 10 heteroatoms. The van der Waals surface area contributed by atoms with E-state index >= 15 is 0 Å². The Morgan fingerprint density at radius 1 is 1.21 bits per heavy atom. The van der Waals surface area contributed by atoms with E-state index in [4.69, 9.17) is 27.6 Å². The Balaban J connectivity index is 1.70. The van der Waals surface area contributed by atoms with Crippen LogP contribution in [0.15, 0.2) is 75.9 Å². The van der Waals surface area contributed by atoms with Crippen LogP contribution in [-0.2, 0) is 22.6 Å². The number of hydrogen-bond donors (Lipinski definition) is 1. The van der Waals surface area contributed by atoms with E-state index in [-0.39, 0.29) is 29.5 Å². The van der Waals surface area contributed by atoms with Crippen LogP contribution in [0.5, 0.6) is 0 Å².